The first kappa shape index (κ1) is 10.9. The van der Waals surface area contributed by atoms with E-state index in [4.69, 9.17) is 16.3 Å². The number of hydrogen-bond donors (Lipinski definition) is 0. The van der Waals surface area contributed by atoms with Crippen molar-refractivity contribution in [2.75, 3.05) is 19.7 Å². The fourth-order valence-corrected chi connectivity index (χ4v) is 2.77. The Morgan fingerprint density at radius 2 is 2.24 bits per heavy atom. The summed E-state index contributed by atoms with van der Waals surface area (Å²) in [4.78, 5) is 14.2. The van der Waals surface area contributed by atoms with Gasteiger partial charge in [0.2, 0.25) is 5.91 Å². The Hall–Kier alpha value is -1.22. The number of carbonyl (C=O) groups is 1. The van der Waals surface area contributed by atoms with E-state index in [1.54, 1.807) is 0 Å². The van der Waals surface area contributed by atoms with E-state index in [9.17, 15) is 4.79 Å². The van der Waals surface area contributed by atoms with Crippen molar-refractivity contribution in [2.24, 2.45) is 0 Å². The lowest BCUT2D eigenvalue weighted by Gasteiger charge is -2.19. The largest absolute Gasteiger partial charge is 0.492 e. The van der Waals surface area contributed by atoms with Gasteiger partial charge >= 0.3 is 0 Å². The maximum atomic E-state index is 12.3. The molecule has 0 saturated carbocycles. The van der Waals surface area contributed by atoms with Crippen molar-refractivity contribution in [3.8, 4) is 5.75 Å². The Bertz CT molecular complexity index is 449. The van der Waals surface area contributed by atoms with Gasteiger partial charge in [-0.3, -0.25) is 4.79 Å². The summed E-state index contributed by atoms with van der Waals surface area (Å²) in [6.07, 6.45) is 0.891. The minimum absolute atomic E-state index is 0.108. The summed E-state index contributed by atoms with van der Waals surface area (Å²) in [5.74, 6) is 0.846. The minimum Gasteiger partial charge on any atom is -0.492 e. The van der Waals surface area contributed by atoms with Crippen LogP contribution in [0.25, 0.3) is 0 Å². The highest BCUT2D eigenvalue weighted by Crippen LogP contribution is 2.35. The van der Waals surface area contributed by atoms with E-state index in [0.717, 1.165) is 24.3 Å². The summed E-state index contributed by atoms with van der Waals surface area (Å²) >= 11 is 6.03. The van der Waals surface area contributed by atoms with Crippen LogP contribution < -0.4 is 4.74 Å². The van der Waals surface area contributed by atoms with Crippen LogP contribution in [0.4, 0.5) is 0 Å². The molecule has 1 aromatic carbocycles. The molecule has 3 nitrogen and oxygen atoms in total. The first-order valence-electron chi connectivity index (χ1n) is 5.90. The quantitative estimate of drug-likeness (QED) is 0.715. The zero-order valence-corrected chi connectivity index (χ0v) is 10.2. The van der Waals surface area contributed by atoms with E-state index in [1.807, 2.05) is 29.2 Å². The molecule has 90 valence electrons. The molecule has 0 radical (unpaired) electrons. The van der Waals surface area contributed by atoms with Gasteiger partial charge in [-0.05, 0) is 12.5 Å². The molecular formula is C13H14ClNO2. The molecule has 0 N–H and O–H groups in total. The fourth-order valence-electron chi connectivity index (χ4n) is 2.51. The second kappa shape index (κ2) is 4.22. The number of benzene rings is 1. The number of para-hydroxylation sites is 1. The fraction of sp³-hybridized carbons (Fsp3) is 0.462. The number of fused-ring (bicyclic) bond motifs is 1. The molecule has 1 aromatic rings. The van der Waals surface area contributed by atoms with Crippen LogP contribution in [0, 0.1) is 0 Å². The van der Waals surface area contributed by atoms with Crippen LogP contribution in [0.5, 0.6) is 5.75 Å². The second-order valence-corrected chi connectivity index (χ2v) is 5.19. The van der Waals surface area contributed by atoms with Crippen LogP contribution in [0.3, 0.4) is 0 Å². The first-order valence-corrected chi connectivity index (χ1v) is 6.34. The van der Waals surface area contributed by atoms with E-state index >= 15 is 0 Å². The molecule has 1 fully saturated rings. The van der Waals surface area contributed by atoms with Crippen molar-refractivity contribution < 1.29 is 9.53 Å². The summed E-state index contributed by atoms with van der Waals surface area (Å²) in [7, 11) is 0. The minimum atomic E-state index is -0.145. The molecule has 17 heavy (non-hydrogen) atoms. The third-order valence-corrected chi connectivity index (χ3v) is 3.80. The third-order valence-electron chi connectivity index (χ3n) is 3.44. The average molecular weight is 252 g/mol. The Labute approximate surface area is 105 Å². The lowest BCUT2D eigenvalue weighted by Crippen LogP contribution is -2.34. The number of alkyl halides is 1. The summed E-state index contributed by atoms with van der Waals surface area (Å²) in [6, 6.07) is 7.76. The third kappa shape index (κ3) is 1.89. The van der Waals surface area contributed by atoms with Crippen molar-refractivity contribution in [1.29, 1.82) is 0 Å². The molecule has 1 saturated heterocycles. The number of halogens is 1. The topological polar surface area (TPSA) is 29.5 Å². The Balaban J connectivity index is 1.80. The summed E-state index contributed by atoms with van der Waals surface area (Å²) in [5, 5.41) is 0.108. The normalized spacial score (nSPS) is 26.8. The summed E-state index contributed by atoms with van der Waals surface area (Å²) in [5.41, 5.74) is 1.01. The molecule has 0 bridgehead atoms. The van der Waals surface area contributed by atoms with Gasteiger partial charge in [0.15, 0.2) is 0 Å². The van der Waals surface area contributed by atoms with E-state index in [0.29, 0.717) is 13.2 Å². The summed E-state index contributed by atoms with van der Waals surface area (Å²) < 4.78 is 5.54. The van der Waals surface area contributed by atoms with E-state index in [2.05, 4.69) is 0 Å². The van der Waals surface area contributed by atoms with Gasteiger partial charge in [-0.15, -0.1) is 11.6 Å². The molecule has 2 atom stereocenters. The van der Waals surface area contributed by atoms with Crippen molar-refractivity contribution in [3.63, 3.8) is 0 Å². The van der Waals surface area contributed by atoms with Gasteiger partial charge in [-0.25, -0.2) is 0 Å². The smallest absolute Gasteiger partial charge is 0.233 e. The number of carbonyl (C=O) groups excluding carboxylic acids is 1. The van der Waals surface area contributed by atoms with Crippen LogP contribution in [-0.4, -0.2) is 35.9 Å². The van der Waals surface area contributed by atoms with Crippen molar-refractivity contribution >= 4 is 17.5 Å². The van der Waals surface area contributed by atoms with E-state index in [1.165, 1.54) is 0 Å². The van der Waals surface area contributed by atoms with E-state index in [-0.39, 0.29) is 17.2 Å². The highest BCUT2D eigenvalue weighted by molar-refractivity contribution is 6.21. The lowest BCUT2D eigenvalue weighted by molar-refractivity contribution is -0.131. The van der Waals surface area contributed by atoms with Gasteiger partial charge < -0.3 is 9.64 Å². The Morgan fingerprint density at radius 3 is 3.00 bits per heavy atom. The number of rotatable bonds is 1. The van der Waals surface area contributed by atoms with Crippen LogP contribution in [0.15, 0.2) is 24.3 Å². The van der Waals surface area contributed by atoms with Gasteiger partial charge in [0, 0.05) is 18.7 Å². The molecule has 0 aliphatic carbocycles. The predicted molar refractivity (Wildman–Crippen MR) is 65.5 cm³/mol. The number of likely N-dealkylation sites (tertiary alicyclic amines) is 1. The average Bonchev–Trinajstić information content (AvgIpc) is 2.94. The van der Waals surface area contributed by atoms with Crippen LogP contribution in [0.1, 0.15) is 17.9 Å². The van der Waals surface area contributed by atoms with Crippen molar-refractivity contribution in [2.45, 2.75) is 17.7 Å². The lowest BCUT2D eigenvalue weighted by atomic mass is 10.00. The molecule has 2 heterocycles. The molecule has 2 aliphatic heterocycles. The van der Waals surface area contributed by atoms with Gasteiger partial charge in [0.1, 0.15) is 18.3 Å². The number of amides is 1. The van der Waals surface area contributed by atoms with Gasteiger partial charge in [0.25, 0.3) is 0 Å². The Kier molecular flexibility index (Phi) is 2.71. The van der Waals surface area contributed by atoms with Crippen molar-refractivity contribution in [3.05, 3.63) is 29.8 Å². The molecule has 0 aromatic heterocycles. The molecular weight excluding hydrogens is 238 g/mol. The molecule has 4 heteroatoms. The number of ether oxygens (including phenoxy) is 1. The molecule has 0 spiro atoms. The highest BCUT2D eigenvalue weighted by atomic mass is 35.5. The maximum Gasteiger partial charge on any atom is 0.233 e. The molecule has 2 aliphatic rings. The van der Waals surface area contributed by atoms with Crippen LogP contribution in [-0.2, 0) is 4.79 Å². The predicted octanol–water partition coefficient (Wildman–Crippen LogP) is 2.00. The SMILES string of the molecule is O=C(C1COc2ccccc21)N1CCC(Cl)C1. The monoisotopic (exact) mass is 251 g/mol. The highest BCUT2D eigenvalue weighted by Gasteiger charge is 2.35. The molecule has 2 unspecified atom stereocenters. The standard InChI is InChI=1S/C13H14ClNO2/c14-9-5-6-15(7-9)13(16)11-8-17-12-4-2-1-3-10(11)12/h1-4,9,11H,5-8H2. The Morgan fingerprint density at radius 1 is 1.41 bits per heavy atom. The van der Waals surface area contributed by atoms with Crippen LogP contribution in [0.2, 0.25) is 0 Å². The van der Waals surface area contributed by atoms with Gasteiger partial charge in [-0.2, -0.15) is 0 Å². The van der Waals surface area contributed by atoms with Gasteiger partial charge in [0.05, 0.1) is 5.38 Å². The first-order chi connectivity index (χ1) is 8.25. The second-order valence-electron chi connectivity index (χ2n) is 4.57. The zero-order chi connectivity index (χ0) is 11.8. The molecule has 1 amide bonds. The number of nitrogens with zero attached hydrogens (tertiary/aromatic N) is 1. The van der Waals surface area contributed by atoms with Gasteiger partial charge in [-0.1, -0.05) is 18.2 Å². The van der Waals surface area contributed by atoms with Crippen molar-refractivity contribution in [1.82, 2.24) is 4.90 Å². The zero-order valence-electron chi connectivity index (χ0n) is 9.43. The molecule has 3 rings (SSSR count). The number of hydrogen-bond acceptors (Lipinski definition) is 2. The van der Waals surface area contributed by atoms with Crippen LogP contribution >= 0.6 is 11.6 Å². The maximum absolute atomic E-state index is 12.3. The van der Waals surface area contributed by atoms with E-state index < -0.39 is 0 Å². The summed E-state index contributed by atoms with van der Waals surface area (Å²) in [6.45, 7) is 1.90.